The van der Waals surface area contributed by atoms with Gasteiger partial charge >= 0.3 is 0 Å². The third-order valence-electron chi connectivity index (χ3n) is 4.86. The second-order valence-corrected chi connectivity index (χ2v) is 9.24. The Balaban J connectivity index is 0.00000182. The van der Waals surface area contributed by atoms with E-state index < -0.39 is 10.0 Å². The molecular weight excluding hydrogens is 378 g/mol. The van der Waals surface area contributed by atoms with Crippen molar-refractivity contribution in [3.8, 4) is 10.6 Å². The molecule has 3 heterocycles. The summed E-state index contributed by atoms with van der Waals surface area (Å²) in [6, 6.07) is 7.42. The highest BCUT2D eigenvalue weighted by Gasteiger charge is 2.43. The van der Waals surface area contributed by atoms with Crippen LogP contribution in [0.3, 0.4) is 0 Å². The predicted molar refractivity (Wildman–Crippen MR) is 103 cm³/mol. The van der Waals surface area contributed by atoms with Gasteiger partial charge in [0.15, 0.2) is 0 Å². The summed E-state index contributed by atoms with van der Waals surface area (Å²) >= 11 is 1.54. The minimum atomic E-state index is -3.47. The van der Waals surface area contributed by atoms with Gasteiger partial charge in [0.25, 0.3) is 0 Å². The monoisotopic (exact) mass is 399 g/mol. The quantitative estimate of drug-likeness (QED) is 0.861. The highest BCUT2D eigenvalue weighted by atomic mass is 35.5. The molecule has 8 heteroatoms. The average molecular weight is 400 g/mol. The van der Waals surface area contributed by atoms with Crippen molar-refractivity contribution in [1.29, 1.82) is 0 Å². The molecule has 136 valence electrons. The molecule has 2 aliphatic heterocycles. The molecule has 2 saturated heterocycles. The normalized spacial score (nSPS) is 23.9. The highest BCUT2D eigenvalue weighted by Crippen LogP contribution is 2.35. The van der Waals surface area contributed by atoms with E-state index in [2.05, 4.69) is 10.3 Å². The van der Waals surface area contributed by atoms with Crippen LogP contribution < -0.4 is 5.32 Å². The molecule has 2 bridgehead atoms. The first-order valence-corrected chi connectivity index (χ1v) is 10.6. The van der Waals surface area contributed by atoms with Gasteiger partial charge in [-0.1, -0.05) is 12.1 Å². The van der Waals surface area contributed by atoms with Crippen LogP contribution >= 0.6 is 23.7 Å². The Morgan fingerprint density at radius 2 is 2.04 bits per heavy atom. The lowest BCUT2D eigenvalue weighted by molar-refractivity contribution is 0.334. The number of fused-ring (bicyclic) bond motifs is 2. The van der Waals surface area contributed by atoms with Crippen molar-refractivity contribution >= 4 is 33.8 Å². The Labute approximate surface area is 158 Å². The van der Waals surface area contributed by atoms with Gasteiger partial charge in [-0.25, -0.2) is 13.4 Å². The van der Waals surface area contributed by atoms with Crippen LogP contribution in [0.1, 0.15) is 25.0 Å². The summed E-state index contributed by atoms with van der Waals surface area (Å²) in [6.07, 6.45) is 2.81. The molecule has 4 rings (SSSR count). The number of nitrogens with zero attached hydrogens (tertiary/aromatic N) is 2. The van der Waals surface area contributed by atoms with E-state index in [1.54, 1.807) is 27.8 Å². The van der Waals surface area contributed by atoms with Crippen molar-refractivity contribution in [3.63, 3.8) is 0 Å². The van der Waals surface area contributed by atoms with Crippen LogP contribution in [0.4, 0.5) is 0 Å². The van der Waals surface area contributed by atoms with E-state index in [4.69, 9.17) is 0 Å². The van der Waals surface area contributed by atoms with Crippen LogP contribution in [-0.2, 0) is 10.0 Å². The third kappa shape index (κ3) is 3.48. The lowest BCUT2D eigenvalue weighted by atomic mass is 10.1. The molecule has 0 aliphatic carbocycles. The number of nitrogens with one attached hydrogen (secondary N) is 1. The first kappa shape index (κ1) is 18.8. The first-order chi connectivity index (χ1) is 11.6. The molecule has 0 radical (unpaired) electrons. The van der Waals surface area contributed by atoms with Crippen molar-refractivity contribution in [2.24, 2.45) is 0 Å². The van der Waals surface area contributed by atoms with Crippen LogP contribution in [0.15, 0.2) is 34.5 Å². The van der Waals surface area contributed by atoms with Gasteiger partial charge in [-0.3, -0.25) is 0 Å². The third-order valence-corrected chi connectivity index (χ3v) is 7.87. The molecular formula is C17H22ClN3O2S2. The molecule has 1 N–H and O–H groups in total. The molecule has 25 heavy (non-hydrogen) atoms. The molecule has 5 nitrogen and oxygen atoms in total. The van der Waals surface area contributed by atoms with E-state index in [9.17, 15) is 8.42 Å². The second kappa shape index (κ2) is 7.32. The standard InChI is InChI=1S/C17H21N3O2S2.ClH/c1-12-11-23-17(19-12)13-3-2-4-16(9-13)24(21,22)20-14-5-6-15(20)10-18-8-7-14;/h2-4,9,11,14-15,18H,5-8,10H2,1H3;1H. The Kier molecular flexibility index (Phi) is 5.51. The van der Waals surface area contributed by atoms with Gasteiger partial charge in [-0.05, 0) is 44.9 Å². The van der Waals surface area contributed by atoms with Gasteiger partial charge in [0.2, 0.25) is 10.0 Å². The summed E-state index contributed by atoms with van der Waals surface area (Å²) in [7, 11) is -3.47. The van der Waals surface area contributed by atoms with Gasteiger partial charge in [0.1, 0.15) is 5.01 Å². The summed E-state index contributed by atoms with van der Waals surface area (Å²) in [5, 5.41) is 6.21. The van der Waals surface area contributed by atoms with E-state index in [0.29, 0.717) is 4.90 Å². The molecule has 2 aromatic rings. The summed E-state index contributed by atoms with van der Waals surface area (Å²) < 4.78 is 28.3. The Morgan fingerprint density at radius 1 is 1.24 bits per heavy atom. The van der Waals surface area contributed by atoms with E-state index in [1.807, 2.05) is 24.4 Å². The molecule has 2 aliphatic rings. The smallest absolute Gasteiger partial charge is 0.243 e. The van der Waals surface area contributed by atoms with Gasteiger partial charge in [0.05, 0.1) is 4.90 Å². The molecule has 1 aromatic carbocycles. The summed E-state index contributed by atoms with van der Waals surface area (Å²) in [6.45, 7) is 3.59. The van der Waals surface area contributed by atoms with Crippen molar-refractivity contribution in [2.45, 2.75) is 43.2 Å². The SMILES string of the molecule is Cc1csc(-c2cccc(S(=O)(=O)N3C4CCNCC3CC4)c2)n1.Cl. The summed E-state index contributed by atoms with van der Waals surface area (Å²) in [5.41, 5.74) is 1.83. The zero-order valence-corrected chi connectivity index (χ0v) is 16.5. The van der Waals surface area contributed by atoms with Crippen molar-refractivity contribution < 1.29 is 8.42 Å². The number of halogens is 1. The Hall–Kier alpha value is -0.990. The first-order valence-electron chi connectivity index (χ1n) is 8.32. The van der Waals surface area contributed by atoms with Crippen molar-refractivity contribution in [3.05, 3.63) is 35.3 Å². The number of benzene rings is 1. The average Bonchev–Trinajstić information content (AvgIpc) is 3.10. The number of aromatic nitrogens is 1. The minimum absolute atomic E-state index is 0. The lowest BCUT2D eigenvalue weighted by Crippen LogP contribution is -2.42. The van der Waals surface area contributed by atoms with Crippen LogP contribution in [-0.4, -0.2) is 42.9 Å². The molecule has 2 fully saturated rings. The van der Waals surface area contributed by atoms with Gasteiger partial charge < -0.3 is 5.32 Å². The molecule has 2 unspecified atom stereocenters. The summed E-state index contributed by atoms with van der Waals surface area (Å²) in [5.74, 6) is 0. The number of hydrogen-bond donors (Lipinski definition) is 1. The fourth-order valence-corrected chi connectivity index (χ4v) is 6.47. The lowest BCUT2D eigenvalue weighted by Gasteiger charge is -2.27. The highest BCUT2D eigenvalue weighted by molar-refractivity contribution is 7.89. The van der Waals surface area contributed by atoms with E-state index >= 15 is 0 Å². The van der Waals surface area contributed by atoms with Crippen LogP contribution in [0.5, 0.6) is 0 Å². The van der Waals surface area contributed by atoms with Gasteiger partial charge in [0, 0.05) is 35.3 Å². The second-order valence-electron chi connectivity index (χ2n) is 6.53. The maximum atomic E-state index is 13.3. The van der Waals surface area contributed by atoms with E-state index in [1.165, 1.54) is 0 Å². The maximum Gasteiger partial charge on any atom is 0.243 e. The predicted octanol–water partition coefficient (Wildman–Crippen LogP) is 3.06. The maximum absolute atomic E-state index is 13.3. The van der Waals surface area contributed by atoms with E-state index in [-0.39, 0.29) is 24.5 Å². The van der Waals surface area contributed by atoms with Crippen molar-refractivity contribution in [1.82, 2.24) is 14.6 Å². The molecule has 0 amide bonds. The Bertz CT molecular complexity index is 839. The zero-order valence-electron chi connectivity index (χ0n) is 14.0. The zero-order chi connectivity index (χ0) is 16.7. The molecule has 0 spiro atoms. The number of hydrogen-bond acceptors (Lipinski definition) is 5. The largest absolute Gasteiger partial charge is 0.315 e. The fraction of sp³-hybridized carbons (Fsp3) is 0.471. The van der Waals surface area contributed by atoms with Crippen LogP contribution in [0.25, 0.3) is 10.6 Å². The number of thiazole rings is 1. The fourth-order valence-electron chi connectivity index (χ4n) is 3.73. The van der Waals surface area contributed by atoms with Gasteiger partial charge in [-0.15, -0.1) is 23.7 Å². The number of rotatable bonds is 3. The van der Waals surface area contributed by atoms with E-state index in [0.717, 1.165) is 48.6 Å². The Morgan fingerprint density at radius 3 is 2.80 bits per heavy atom. The molecule has 2 atom stereocenters. The van der Waals surface area contributed by atoms with Crippen LogP contribution in [0, 0.1) is 6.92 Å². The van der Waals surface area contributed by atoms with Crippen molar-refractivity contribution in [2.75, 3.05) is 13.1 Å². The minimum Gasteiger partial charge on any atom is -0.315 e. The van der Waals surface area contributed by atoms with Crippen LogP contribution in [0.2, 0.25) is 0 Å². The van der Waals surface area contributed by atoms with Gasteiger partial charge in [-0.2, -0.15) is 4.31 Å². The number of aryl methyl sites for hydroxylation is 1. The molecule has 1 aromatic heterocycles. The summed E-state index contributed by atoms with van der Waals surface area (Å²) in [4.78, 5) is 4.86. The molecule has 0 saturated carbocycles. The topological polar surface area (TPSA) is 62.3 Å². The number of sulfonamides is 1.